The van der Waals surface area contributed by atoms with Gasteiger partial charge in [0.25, 0.3) is 5.91 Å². The summed E-state index contributed by atoms with van der Waals surface area (Å²) in [6, 6.07) is 19.5. The predicted molar refractivity (Wildman–Crippen MR) is 148 cm³/mol. The van der Waals surface area contributed by atoms with Crippen molar-refractivity contribution in [2.45, 2.75) is 45.2 Å². The topological polar surface area (TPSA) is 57.7 Å². The SMILES string of the molecule is CC(C)N1CCC(N2CCNC(=O)c3cccc(c3)Cc3cc(-c4ccncc4)ccc3OCC2)CC1. The third-order valence-electron chi connectivity index (χ3n) is 7.72. The monoisotopic (exact) mass is 498 g/mol. The maximum absolute atomic E-state index is 13.0. The molecule has 5 rings (SSSR count). The van der Waals surface area contributed by atoms with Crippen LogP contribution in [0, 0.1) is 0 Å². The summed E-state index contributed by atoms with van der Waals surface area (Å²) in [5.74, 6) is 0.912. The van der Waals surface area contributed by atoms with Crippen molar-refractivity contribution in [3.05, 3.63) is 83.7 Å². The Morgan fingerprint density at radius 3 is 2.51 bits per heavy atom. The fraction of sp³-hybridized carbons (Fsp3) is 0.419. The molecule has 0 unspecified atom stereocenters. The number of fused-ring (bicyclic) bond motifs is 3. The van der Waals surface area contributed by atoms with E-state index in [0.717, 1.165) is 67.0 Å². The van der Waals surface area contributed by atoms with Crippen molar-refractivity contribution in [3.8, 4) is 16.9 Å². The van der Waals surface area contributed by atoms with E-state index in [2.05, 4.69) is 58.2 Å². The molecule has 194 valence electrons. The number of ether oxygens (including phenoxy) is 1. The number of piperidine rings is 1. The van der Waals surface area contributed by atoms with Crippen LogP contribution in [0.25, 0.3) is 11.1 Å². The summed E-state index contributed by atoms with van der Waals surface area (Å²) in [6.45, 7) is 9.74. The molecule has 3 heterocycles. The summed E-state index contributed by atoms with van der Waals surface area (Å²) in [5, 5.41) is 3.15. The molecular formula is C31H38N4O2. The van der Waals surface area contributed by atoms with Gasteiger partial charge in [-0.2, -0.15) is 0 Å². The minimum absolute atomic E-state index is 0.00417. The van der Waals surface area contributed by atoms with Crippen LogP contribution in [-0.2, 0) is 6.42 Å². The Labute approximate surface area is 220 Å². The molecule has 0 radical (unpaired) electrons. The lowest BCUT2D eigenvalue weighted by atomic mass is 9.97. The maximum Gasteiger partial charge on any atom is 0.251 e. The van der Waals surface area contributed by atoms with Gasteiger partial charge < -0.3 is 15.0 Å². The van der Waals surface area contributed by atoms with Gasteiger partial charge in [0.2, 0.25) is 0 Å². The number of pyridine rings is 1. The van der Waals surface area contributed by atoms with Gasteiger partial charge >= 0.3 is 0 Å². The number of carbonyl (C=O) groups is 1. The van der Waals surface area contributed by atoms with E-state index in [4.69, 9.17) is 4.74 Å². The summed E-state index contributed by atoms with van der Waals surface area (Å²) in [7, 11) is 0. The van der Waals surface area contributed by atoms with Crippen molar-refractivity contribution in [1.82, 2.24) is 20.1 Å². The van der Waals surface area contributed by atoms with Crippen LogP contribution in [0.2, 0.25) is 0 Å². The van der Waals surface area contributed by atoms with Gasteiger partial charge in [-0.25, -0.2) is 0 Å². The molecule has 3 aromatic rings. The number of hydrogen-bond acceptors (Lipinski definition) is 5. The number of nitrogens with zero attached hydrogens (tertiary/aromatic N) is 3. The van der Waals surface area contributed by atoms with E-state index < -0.39 is 0 Å². The van der Waals surface area contributed by atoms with E-state index in [9.17, 15) is 4.79 Å². The summed E-state index contributed by atoms with van der Waals surface area (Å²) in [4.78, 5) is 22.2. The van der Waals surface area contributed by atoms with Gasteiger partial charge in [0.1, 0.15) is 12.4 Å². The zero-order valence-electron chi connectivity index (χ0n) is 22.0. The largest absolute Gasteiger partial charge is 0.492 e. The van der Waals surface area contributed by atoms with E-state index in [1.54, 1.807) is 0 Å². The van der Waals surface area contributed by atoms with E-state index in [1.807, 2.05) is 42.7 Å². The average Bonchev–Trinajstić information content (AvgIpc) is 2.93. The van der Waals surface area contributed by atoms with E-state index in [-0.39, 0.29) is 5.91 Å². The Bertz CT molecular complexity index is 1190. The van der Waals surface area contributed by atoms with Gasteiger partial charge in [-0.05, 0) is 98.4 Å². The lowest BCUT2D eigenvalue weighted by Crippen LogP contribution is -2.49. The highest BCUT2D eigenvalue weighted by atomic mass is 16.5. The molecule has 2 bridgehead atoms. The molecule has 1 saturated heterocycles. The average molecular weight is 499 g/mol. The highest BCUT2D eigenvalue weighted by Crippen LogP contribution is 2.29. The number of hydrogen-bond donors (Lipinski definition) is 1. The van der Waals surface area contributed by atoms with Crippen molar-refractivity contribution in [1.29, 1.82) is 0 Å². The highest BCUT2D eigenvalue weighted by molar-refractivity contribution is 5.94. The van der Waals surface area contributed by atoms with Crippen molar-refractivity contribution in [2.75, 3.05) is 39.3 Å². The van der Waals surface area contributed by atoms with Crippen molar-refractivity contribution < 1.29 is 9.53 Å². The minimum Gasteiger partial charge on any atom is -0.492 e. The fourth-order valence-electron chi connectivity index (χ4n) is 5.56. The second-order valence-corrected chi connectivity index (χ2v) is 10.4. The molecule has 2 aromatic carbocycles. The molecule has 1 amide bonds. The lowest BCUT2D eigenvalue weighted by molar-refractivity contribution is 0.0792. The summed E-state index contributed by atoms with van der Waals surface area (Å²) >= 11 is 0. The van der Waals surface area contributed by atoms with Crippen LogP contribution in [0.5, 0.6) is 5.75 Å². The first kappa shape index (κ1) is 25.4. The number of aromatic nitrogens is 1. The molecule has 1 N–H and O–H groups in total. The first-order valence-corrected chi connectivity index (χ1v) is 13.6. The molecule has 6 nitrogen and oxygen atoms in total. The van der Waals surface area contributed by atoms with Crippen molar-refractivity contribution >= 4 is 5.91 Å². The quantitative estimate of drug-likeness (QED) is 0.570. The molecular weight excluding hydrogens is 460 g/mol. The maximum atomic E-state index is 13.0. The molecule has 0 saturated carbocycles. The van der Waals surface area contributed by atoms with E-state index >= 15 is 0 Å². The van der Waals surface area contributed by atoms with Gasteiger partial charge in [-0.3, -0.25) is 14.7 Å². The zero-order chi connectivity index (χ0) is 25.6. The van der Waals surface area contributed by atoms with Gasteiger partial charge in [0.05, 0.1) is 0 Å². The van der Waals surface area contributed by atoms with E-state index in [1.165, 1.54) is 0 Å². The minimum atomic E-state index is -0.00417. The summed E-state index contributed by atoms with van der Waals surface area (Å²) < 4.78 is 6.44. The Kier molecular flexibility index (Phi) is 8.17. The summed E-state index contributed by atoms with van der Waals surface area (Å²) in [5.41, 5.74) is 5.20. The molecule has 1 fully saturated rings. The smallest absolute Gasteiger partial charge is 0.251 e. The van der Waals surface area contributed by atoms with Crippen LogP contribution >= 0.6 is 0 Å². The van der Waals surface area contributed by atoms with Gasteiger partial charge in [-0.1, -0.05) is 18.2 Å². The van der Waals surface area contributed by atoms with Crippen LogP contribution in [0.1, 0.15) is 48.2 Å². The Morgan fingerprint density at radius 1 is 0.919 bits per heavy atom. The van der Waals surface area contributed by atoms with Crippen LogP contribution in [0.3, 0.4) is 0 Å². The Hall–Kier alpha value is -3.22. The predicted octanol–water partition coefficient (Wildman–Crippen LogP) is 4.64. The van der Waals surface area contributed by atoms with Gasteiger partial charge in [-0.15, -0.1) is 0 Å². The van der Waals surface area contributed by atoms with Crippen LogP contribution < -0.4 is 10.1 Å². The number of rotatable bonds is 3. The van der Waals surface area contributed by atoms with Crippen molar-refractivity contribution in [3.63, 3.8) is 0 Å². The molecule has 0 atom stereocenters. The second kappa shape index (κ2) is 11.9. The standard InChI is InChI=1S/C31H38N4O2/c1-23(2)34-15-10-29(11-16-34)35-17-14-33-31(36)27-5-3-4-24(20-27)21-28-22-26(25-8-12-32-13-9-25)6-7-30(28)37-19-18-35/h3-9,12-13,20,22-23,29H,10-11,14-19,21H2,1-2H3,(H,33,36). The highest BCUT2D eigenvalue weighted by Gasteiger charge is 2.26. The Morgan fingerprint density at radius 2 is 1.73 bits per heavy atom. The number of likely N-dealkylation sites (tertiary alicyclic amines) is 1. The molecule has 1 aromatic heterocycles. The third kappa shape index (κ3) is 6.38. The number of nitrogens with one attached hydrogen (secondary N) is 1. The number of carbonyl (C=O) groups excluding carboxylic acids is 1. The van der Waals surface area contributed by atoms with Crippen LogP contribution in [-0.4, -0.2) is 72.1 Å². The zero-order valence-corrected chi connectivity index (χ0v) is 22.0. The first-order valence-electron chi connectivity index (χ1n) is 13.6. The Balaban J connectivity index is 1.40. The first-order chi connectivity index (χ1) is 18.1. The normalized spacial score (nSPS) is 18.5. The molecule has 2 aliphatic rings. The molecule has 0 spiro atoms. The van der Waals surface area contributed by atoms with Crippen LogP contribution in [0.4, 0.5) is 0 Å². The van der Waals surface area contributed by atoms with Gasteiger partial charge in [0, 0.05) is 56.1 Å². The van der Waals surface area contributed by atoms with Gasteiger partial charge in [0.15, 0.2) is 0 Å². The van der Waals surface area contributed by atoms with E-state index in [0.29, 0.717) is 37.2 Å². The lowest BCUT2D eigenvalue weighted by Gasteiger charge is -2.40. The van der Waals surface area contributed by atoms with Crippen molar-refractivity contribution in [2.24, 2.45) is 0 Å². The van der Waals surface area contributed by atoms with Crippen LogP contribution in [0.15, 0.2) is 67.0 Å². The fourth-order valence-corrected chi connectivity index (χ4v) is 5.56. The molecule has 2 aliphatic heterocycles. The number of benzene rings is 2. The summed E-state index contributed by atoms with van der Waals surface area (Å²) in [6.07, 6.45) is 6.65. The third-order valence-corrected chi connectivity index (χ3v) is 7.72. The second-order valence-electron chi connectivity index (χ2n) is 10.4. The molecule has 0 aliphatic carbocycles. The molecule has 6 heteroatoms. The molecule has 37 heavy (non-hydrogen) atoms. The number of amides is 1.